The van der Waals surface area contributed by atoms with E-state index in [1.807, 2.05) is 25.9 Å². The molecule has 0 saturated carbocycles. The quantitative estimate of drug-likeness (QED) is 0.889. The molecule has 0 saturated heterocycles. The van der Waals surface area contributed by atoms with Crippen LogP contribution in [0.3, 0.4) is 0 Å². The highest BCUT2D eigenvalue weighted by atomic mass is 16.5. The van der Waals surface area contributed by atoms with E-state index in [0.29, 0.717) is 12.2 Å². The van der Waals surface area contributed by atoms with Gasteiger partial charge in [-0.2, -0.15) is 0 Å². The first-order valence-corrected chi connectivity index (χ1v) is 6.06. The lowest BCUT2D eigenvalue weighted by Crippen LogP contribution is -2.12. The topological polar surface area (TPSA) is 86.8 Å². The van der Waals surface area contributed by atoms with Gasteiger partial charge in [-0.15, -0.1) is 0 Å². The predicted octanol–water partition coefficient (Wildman–Crippen LogP) is 2.12. The zero-order valence-electron chi connectivity index (χ0n) is 11.5. The van der Waals surface area contributed by atoms with E-state index >= 15 is 0 Å². The second-order valence-electron chi connectivity index (χ2n) is 4.86. The molecule has 0 spiro atoms. The zero-order valence-corrected chi connectivity index (χ0v) is 11.5. The summed E-state index contributed by atoms with van der Waals surface area (Å²) in [5, 5.41) is 22.6. The maximum absolute atomic E-state index is 10.8. The lowest BCUT2D eigenvalue weighted by molar-refractivity contribution is 0.0652. The Labute approximate surface area is 116 Å². The second kappa shape index (κ2) is 5.34. The molecule has 0 atom stereocenters. The molecule has 0 radical (unpaired) electrons. The smallest absolute Gasteiger partial charge is 0.374 e. The molecule has 0 aliphatic carbocycles. The molecule has 20 heavy (non-hydrogen) atoms. The Hall–Kier alpha value is -2.34. The maximum Gasteiger partial charge on any atom is 0.374 e. The molecule has 106 valence electrons. The van der Waals surface area contributed by atoms with Crippen molar-refractivity contribution >= 4 is 5.97 Å². The van der Waals surface area contributed by atoms with Crippen molar-refractivity contribution in [2.45, 2.75) is 13.5 Å². The van der Waals surface area contributed by atoms with Gasteiger partial charge in [0, 0.05) is 23.7 Å². The number of phenolic OH excluding ortho intramolecular Hbond substituents is 1. The van der Waals surface area contributed by atoms with Gasteiger partial charge in [-0.25, -0.2) is 4.79 Å². The predicted molar refractivity (Wildman–Crippen MR) is 72.7 cm³/mol. The van der Waals surface area contributed by atoms with Gasteiger partial charge in [0.05, 0.1) is 0 Å². The summed E-state index contributed by atoms with van der Waals surface area (Å²) in [4.78, 5) is 12.8. The van der Waals surface area contributed by atoms with E-state index in [2.05, 4.69) is 5.16 Å². The van der Waals surface area contributed by atoms with Crippen molar-refractivity contribution in [3.05, 3.63) is 35.1 Å². The number of hydrogen-bond acceptors (Lipinski definition) is 5. The number of carbonyl (C=O) groups is 1. The van der Waals surface area contributed by atoms with Crippen molar-refractivity contribution in [3.63, 3.8) is 0 Å². The zero-order chi connectivity index (χ0) is 14.9. The fourth-order valence-corrected chi connectivity index (χ4v) is 2.04. The van der Waals surface area contributed by atoms with Gasteiger partial charge in [0.25, 0.3) is 0 Å². The molecule has 2 N–H and O–H groups in total. The Morgan fingerprint density at radius 2 is 2.10 bits per heavy atom. The second-order valence-corrected chi connectivity index (χ2v) is 4.86. The van der Waals surface area contributed by atoms with Crippen LogP contribution in [-0.2, 0) is 6.54 Å². The van der Waals surface area contributed by atoms with Crippen molar-refractivity contribution in [3.8, 4) is 17.0 Å². The summed E-state index contributed by atoms with van der Waals surface area (Å²) in [6.45, 7) is 2.44. The molecule has 0 amide bonds. The summed E-state index contributed by atoms with van der Waals surface area (Å²) in [7, 11) is 3.81. The van der Waals surface area contributed by atoms with Crippen LogP contribution in [-0.4, -0.2) is 40.3 Å². The van der Waals surface area contributed by atoms with Crippen LogP contribution in [0.25, 0.3) is 11.3 Å². The van der Waals surface area contributed by atoms with Crippen LogP contribution in [0.5, 0.6) is 5.75 Å². The Bertz CT molecular complexity index is 647. The molecule has 1 aromatic heterocycles. The average Bonchev–Trinajstić information content (AvgIpc) is 2.83. The van der Waals surface area contributed by atoms with Crippen molar-refractivity contribution in [1.82, 2.24) is 10.1 Å². The van der Waals surface area contributed by atoms with Crippen LogP contribution in [0.1, 0.15) is 21.7 Å². The third-order valence-electron chi connectivity index (χ3n) is 3.04. The van der Waals surface area contributed by atoms with Gasteiger partial charge in [0.2, 0.25) is 5.76 Å². The minimum Gasteiger partial charge on any atom is -0.508 e. The standard InChI is InChI=1S/C14H16N2O4/c1-8-9(11-6-13(14(18)19)20-15-11)4-5-12(17)10(8)7-16(2)3/h4-6,17H,7H2,1-3H3,(H,18,19). The van der Waals surface area contributed by atoms with E-state index in [1.165, 1.54) is 6.07 Å². The molecule has 0 fully saturated rings. The van der Waals surface area contributed by atoms with Crippen molar-refractivity contribution < 1.29 is 19.5 Å². The number of nitrogens with zero attached hydrogens (tertiary/aromatic N) is 2. The molecule has 2 aromatic rings. The van der Waals surface area contributed by atoms with Gasteiger partial charge >= 0.3 is 5.97 Å². The van der Waals surface area contributed by atoms with Crippen LogP contribution in [0.15, 0.2) is 22.7 Å². The number of aromatic carboxylic acids is 1. The summed E-state index contributed by atoms with van der Waals surface area (Å²) in [6.07, 6.45) is 0. The molecular formula is C14H16N2O4. The number of aromatic hydroxyl groups is 1. The average molecular weight is 276 g/mol. The summed E-state index contributed by atoms with van der Waals surface area (Å²) in [6, 6.07) is 4.66. The van der Waals surface area contributed by atoms with Crippen LogP contribution >= 0.6 is 0 Å². The molecule has 1 aromatic carbocycles. The van der Waals surface area contributed by atoms with Gasteiger partial charge in [-0.1, -0.05) is 5.16 Å². The highest BCUT2D eigenvalue weighted by molar-refractivity contribution is 5.86. The number of hydrogen-bond donors (Lipinski definition) is 2. The third kappa shape index (κ3) is 2.65. The summed E-state index contributed by atoms with van der Waals surface area (Å²) < 4.78 is 4.76. The van der Waals surface area contributed by atoms with Gasteiger partial charge < -0.3 is 19.6 Å². The van der Waals surface area contributed by atoms with Gasteiger partial charge in [0.1, 0.15) is 11.4 Å². The summed E-state index contributed by atoms with van der Waals surface area (Å²) >= 11 is 0. The Balaban J connectivity index is 2.48. The van der Waals surface area contributed by atoms with Crippen LogP contribution in [0, 0.1) is 6.92 Å². The lowest BCUT2D eigenvalue weighted by Gasteiger charge is -2.15. The van der Waals surface area contributed by atoms with E-state index in [1.54, 1.807) is 12.1 Å². The van der Waals surface area contributed by atoms with Gasteiger partial charge in [-0.05, 0) is 38.7 Å². The first kappa shape index (κ1) is 14.1. The number of carboxylic acids is 1. The van der Waals surface area contributed by atoms with E-state index in [4.69, 9.17) is 9.63 Å². The molecule has 0 bridgehead atoms. The number of phenols is 1. The fourth-order valence-electron chi connectivity index (χ4n) is 2.04. The highest BCUT2D eigenvalue weighted by Crippen LogP contribution is 2.31. The normalized spacial score (nSPS) is 11.0. The van der Waals surface area contributed by atoms with Crippen molar-refractivity contribution in [1.29, 1.82) is 0 Å². The Morgan fingerprint density at radius 1 is 1.40 bits per heavy atom. The molecular weight excluding hydrogens is 260 g/mol. The number of rotatable bonds is 4. The number of carboxylic acid groups (broad SMARTS) is 1. The third-order valence-corrected chi connectivity index (χ3v) is 3.04. The fraction of sp³-hybridized carbons (Fsp3) is 0.286. The monoisotopic (exact) mass is 276 g/mol. The molecule has 2 rings (SSSR count). The maximum atomic E-state index is 10.8. The largest absolute Gasteiger partial charge is 0.508 e. The molecule has 6 heteroatoms. The van der Waals surface area contributed by atoms with Crippen molar-refractivity contribution in [2.24, 2.45) is 0 Å². The molecule has 6 nitrogen and oxygen atoms in total. The minimum absolute atomic E-state index is 0.207. The molecule has 0 unspecified atom stereocenters. The van der Waals surface area contributed by atoms with Crippen LogP contribution < -0.4 is 0 Å². The number of aromatic nitrogens is 1. The van der Waals surface area contributed by atoms with E-state index in [9.17, 15) is 9.90 Å². The van der Waals surface area contributed by atoms with E-state index < -0.39 is 5.97 Å². The Kier molecular flexibility index (Phi) is 3.76. The Morgan fingerprint density at radius 3 is 2.65 bits per heavy atom. The first-order chi connectivity index (χ1) is 9.40. The molecule has 0 aliphatic heterocycles. The first-order valence-electron chi connectivity index (χ1n) is 6.06. The number of benzene rings is 1. The summed E-state index contributed by atoms with van der Waals surface area (Å²) in [5.41, 5.74) is 2.83. The van der Waals surface area contributed by atoms with E-state index in [0.717, 1.165) is 16.7 Å². The highest BCUT2D eigenvalue weighted by Gasteiger charge is 2.17. The van der Waals surface area contributed by atoms with Gasteiger partial charge in [-0.3, -0.25) is 0 Å². The summed E-state index contributed by atoms with van der Waals surface area (Å²) in [5.74, 6) is -1.16. The molecule has 1 heterocycles. The van der Waals surface area contributed by atoms with Crippen LogP contribution in [0.2, 0.25) is 0 Å². The molecule has 0 aliphatic rings. The minimum atomic E-state index is -1.16. The van der Waals surface area contributed by atoms with Crippen LogP contribution in [0.4, 0.5) is 0 Å². The van der Waals surface area contributed by atoms with Crippen molar-refractivity contribution in [2.75, 3.05) is 14.1 Å². The van der Waals surface area contributed by atoms with Gasteiger partial charge in [0.15, 0.2) is 0 Å². The van der Waals surface area contributed by atoms with E-state index in [-0.39, 0.29) is 11.5 Å². The SMILES string of the molecule is Cc1c(-c2cc(C(=O)O)on2)ccc(O)c1CN(C)C. The lowest BCUT2D eigenvalue weighted by atomic mass is 9.98.